The molecule has 0 saturated heterocycles. The van der Waals surface area contributed by atoms with E-state index in [9.17, 15) is 9.18 Å². The van der Waals surface area contributed by atoms with Gasteiger partial charge in [0.2, 0.25) is 5.91 Å². The van der Waals surface area contributed by atoms with Crippen LogP contribution in [-0.4, -0.2) is 29.9 Å². The Labute approximate surface area is 157 Å². The summed E-state index contributed by atoms with van der Waals surface area (Å²) in [6.07, 6.45) is 2.06. The number of nitrogens with one attached hydrogen (secondary N) is 1. The molecule has 3 aromatic rings. The molecule has 0 fully saturated rings. The summed E-state index contributed by atoms with van der Waals surface area (Å²) in [5.41, 5.74) is 2.25. The SMILES string of the molecule is CN(C)Cc1cccc(NC(=O)CCc2ncc(-c3ccccc3F)o2)c1. The second kappa shape index (κ2) is 8.60. The molecule has 0 aliphatic rings. The fraction of sp³-hybridized carbons (Fsp3) is 0.238. The van der Waals surface area contributed by atoms with Gasteiger partial charge in [0, 0.05) is 25.1 Å². The Hall–Kier alpha value is -2.99. The summed E-state index contributed by atoms with van der Waals surface area (Å²) >= 11 is 0. The molecular weight excluding hydrogens is 345 g/mol. The van der Waals surface area contributed by atoms with E-state index in [1.54, 1.807) is 18.2 Å². The lowest BCUT2D eigenvalue weighted by Gasteiger charge is -2.11. The van der Waals surface area contributed by atoms with E-state index in [1.165, 1.54) is 12.3 Å². The van der Waals surface area contributed by atoms with Crippen LogP contribution in [0.15, 0.2) is 59.1 Å². The molecule has 0 bridgehead atoms. The monoisotopic (exact) mass is 367 g/mol. The largest absolute Gasteiger partial charge is 0.441 e. The number of benzene rings is 2. The zero-order valence-electron chi connectivity index (χ0n) is 15.4. The summed E-state index contributed by atoms with van der Waals surface area (Å²) in [7, 11) is 3.99. The molecule has 0 saturated carbocycles. The maximum absolute atomic E-state index is 13.8. The van der Waals surface area contributed by atoms with Gasteiger partial charge in [-0.05, 0) is 43.9 Å². The number of halogens is 1. The van der Waals surface area contributed by atoms with Crippen molar-refractivity contribution >= 4 is 11.6 Å². The molecule has 6 heteroatoms. The van der Waals surface area contributed by atoms with Crippen LogP contribution in [0.3, 0.4) is 0 Å². The summed E-state index contributed by atoms with van der Waals surface area (Å²) in [5, 5.41) is 2.89. The Kier molecular flexibility index (Phi) is 5.98. The number of oxazole rings is 1. The van der Waals surface area contributed by atoms with Crippen molar-refractivity contribution in [1.29, 1.82) is 0 Å². The van der Waals surface area contributed by atoms with Crippen LogP contribution in [0.2, 0.25) is 0 Å². The molecule has 1 N–H and O–H groups in total. The zero-order valence-corrected chi connectivity index (χ0v) is 15.4. The van der Waals surface area contributed by atoms with Crippen LogP contribution in [0.1, 0.15) is 17.9 Å². The van der Waals surface area contributed by atoms with Crippen molar-refractivity contribution in [3.8, 4) is 11.3 Å². The first-order valence-corrected chi connectivity index (χ1v) is 8.74. The molecular formula is C21H22FN3O2. The van der Waals surface area contributed by atoms with Gasteiger partial charge >= 0.3 is 0 Å². The highest BCUT2D eigenvalue weighted by Crippen LogP contribution is 2.23. The van der Waals surface area contributed by atoms with E-state index in [1.807, 2.05) is 38.4 Å². The lowest BCUT2D eigenvalue weighted by Crippen LogP contribution is -2.14. The van der Waals surface area contributed by atoms with Gasteiger partial charge in [0.25, 0.3) is 0 Å². The molecule has 140 valence electrons. The smallest absolute Gasteiger partial charge is 0.224 e. The molecule has 27 heavy (non-hydrogen) atoms. The predicted molar refractivity (Wildman–Crippen MR) is 103 cm³/mol. The summed E-state index contributed by atoms with van der Waals surface area (Å²) < 4.78 is 19.4. The Balaban J connectivity index is 1.56. The van der Waals surface area contributed by atoms with Crippen LogP contribution in [0.25, 0.3) is 11.3 Å². The van der Waals surface area contributed by atoms with Gasteiger partial charge in [-0.25, -0.2) is 9.37 Å². The van der Waals surface area contributed by atoms with Crippen LogP contribution in [0, 0.1) is 5.82 Å². The molecule has 0 aliphatic heterocycles. The Morgan fingerprint density at radius 3 is 2.78 bits per heavy atom. The average Bonchev–Trinajstić information content (AvgIpc) is 3.09. The van der Waals surface area contributed by atoms with Crippen LogP contribution < -0.4 is 5.32 Å². The average molecular weight is 367 g/mol. The number of amides is 1. The van der Waals surface area contributed by atoms with Crippen molar-refractivity contribution in [3.05, 3.63) is 72.0 Å². The maximum Gasteiger partial charge on any atom is 0.224 e. The quantitative estimate of drug-likeness (QED) is 0.683. The summed E-state index contributed by atoms with van der Waals surface area (Å²) in [6, 6.07) is 14.1. The van der Waals surface area contributed by atoms with Crippen molar-refractivity contribution in [1.82, 2.24) is 9.88 Å². The summed E-state index contributed by atoms with van der Waals surface area (Å²) in [5.74, 6) is 0.280. The van der Waals surface area contributed by atoms with Crippen molar-refractivity contribution in [2.75, 3.05) is 19.4 Å². The third kappa shape index (κ3) is 5.24. The van der Waals surface area contributed by atoms with Crippen LogP contribution in [0.5, 0.6) is 0 Å². The number of carbonyl (C=O) groups is 1. The van der Waals surface area contributed by atoms with E-state index >= 15 is 0 Å². The lowest BCUT2D eigenvalue weighted by molar-refractivity contribution is -0.116. The topological polar surface area (TPSA) is 58.4 Å². The molecule has 0 atom stereocenters. The normalized spacial score (nSPS) is 11.0. The van der Waals surface area contributed by atoms with Gasteiger partial charge in [0.15, 0.2) is 11.7 Å². The molecule has 2 aromatic carbocycles. The highest BCUT2D eigenvalue weighted by Gasteiger charge is 2.12. The number of aromatic nitrogens is 1. The first-order valence-electron chi connectivity index (χ1n) is 8.74. The third-order valence-corrected chi connectivity index (χ3v) is 3.97. The van der Waals surface area contributed by atoms with Gasteiger partial charge < -0.3 is 14.6 Å². The van der Waals surface area contributed by atoms with Crippen LogP contribution in [0.4, 0.5) is 10.1 Å². The number of anilines is 1. The molecule has 1 amide bonds. The minimum atomic E-state index is -0.365. The molecule has 0 radical (unpaired) electrons. The standard InChI is InChI=1S/C21H22FN3O2/c1-25(2)14-15-6-5-7-16(12-15)24-20(26)10-11-21-23-13-19(27-21)17-8-3-4-9-18(17)22/h3-9,12-13H,10-11,14H2,1-2H3,(H,24,26). The third-order valence-electron chi connectivity index (χ3n) is 3.97. The first-order chi connectivity index (χ1) is 13.0. The number of rotatable bonds is 7. The molecule has 3 rings (SSSR count). The highest BCUT2D eigenvalue weighted by molar-refractivity contribution is 5.90. The molecule has 0 unspecified atom stereocenters. The van der Waals surface area contributed by atoms with Crippen molar-refractivity contribution < 1.29 is 13.6 Å². The van der Waals surface area contributed by atoms with Gasteiger partial charge in [-0.1, -0.05) is 24.3 Å². The first kappa shape index (κ1) is 18.8. The van der Waals surface area contributed by atoms with Crippen molar-refractivity contribution in [3.63, 3.8) is 0 Å². The van der Waals surface area contributed by atoms with Gasteiger partial charge in [-0.2, -0.15) is 0 Å². The Morgan fingerprint density at radius 2 is 2.00 bits per heavy atom. The van der Waals surface area contributed by atoms with Gasteiger partial charge in [-0.3, -0.25) is 4.79 Å². The Bertz CT molecular complexity index is 921. The molecule has 5 nitrogen and oxygen atoms in total. The Morgan fingerprint density at radius 1 is 1.19 bits per heavy atom. The van der Waals surface area contributed by atoms with E-state index in [-0.39, 0.29) is 18.1 Å². The number of hydrogen-bond acceptors (Lipinski definition) is 4. The zero-order chi connectivity index (χ0) is 19.2. The van der Waals surface area contributed by atoms with E-state index in [4.69, 9.17) is 4.42 Å². The second-order valence-electron chi connectivity index (χ2n) is 6.58. The van der Waals surface area contributed by atoms with Crippen LogP contribution >= 0.6 is 0 Å². The lowest BCUT2D eigenvalue weighted by atomic mass is 10.2. The summed E-state index contributed by atoms with van der Waals surface area (Å²) in [6.45, 7) is 0.804. The maximum atomic E-state index is 13.8. The van der Waals surface area contributed by atoms with E-state index in [0.29, 0.717) is 23.6 Å². The minimum Gasteiger partial charge on any atom is -0.441 e. The molecule has 0 spiro atoms. The minimum absolute atomic E-state index is 0.123. The van der Waals surface area contributed by atoms with Gasteiger partial charge in [0.1, 0.15) is 5.82 Å². The number of aryl methyl sites for hydroxylation is 1. The number of nitrogens with zero attached hydrogens (tertiary/aromatic N) is 2. The molecule has 1 aromatic heterocycles. The molecule has 0 aliphatic carbocycles. The number of carbonyl (C=O) groups excluding carboxylic acids is 1. The molecule has 1 heterocycles. The number of hydrogen-bond donors (Lipinski definition) is 1. The van der Waals surface area contributed by atoms with Crippen molar-refractivity contribution in [2.24, 2.45) is 0 Å². The fourth-order valence-corrected chi connectivity index (χ4v) is 2.77. The van der Waals surface area contributed by atoms with Gasteiger partial charge in [-0.15, -0.1) is 0 Å². The second-order valence-corrected chi connectivity index (χ2v) is 6.58. The van der Waals surface area contributed by atoms with Crippen LogP contribution in [-0.2, 0) is 17.8 Å². The highest BCUT2D eigenvalue weighted by atomic mass is 19.1. The van der Waals surface area contributed by atoms with E-state index in [2.05, 4.69) is 15.2 Å². The van der Waals surface area contributed by atoms with Crippen molar-refractivity contribution in [2.45, 2.75) is 19.4 Å². The fourth-order valence-electron chi connectivity index (χ4n) is 2.77. The predicted octanol–water partition coefficient (Wildman–Crippen LogP) is 4.11. The summed E-state index contributed by atoms with van der Waals surface area (Å²) in [4.78, 5) is 18.4. The van der Waals surface area contributed by atoms with E-state index in [0.717, 1.165) is 17.8 Å². The van der Waals surface area contributed by atoms with Gasteiger partial charge in [0.05, 0.1) is 11.8 Å². The van der Waals surface area contributed by atoms with E-state index < -0.39 is 0 Å².